The fourth-order valence-electron chi connectivity index (χ4n) is 2.85. The summed E-state index contributed by atoms with van der Waals surface area (Å²) in [7, 11) is 0. The highest BCUT2D eigenvalue weighted by Gasteiger charge is 2.37. The summed E-state index contributed by atoms with van der Waals surface area (Å²) in [5.74, 6) is -1.69. The number of amides is 2. The number of rotatable bonds is 7. The number of hydrogen-bond donors (Lipinski definition) is 1. The smallest absolute Gasteiger partial charge is 0.280 e. The summed E-state index contributed by atoms with van der Waals surface area (Å²) in [5, 5.41) is 8.26. The van der Waals surface area contributed by atoms with Gasteiger partial charge >= 0.3 is 0 Å². The van der Waals surface area contributed by atoms with E-state index in [4.69, 9.17) is 0 Å². The van der Waals surface area contributed by atoms with Crippen molar-refractivity contribution in [3.63, 3.8) is 0 Å². The second kappa shape index (κ2) is 9.08. The van der Waals surface area contributed by atoms with E-state index in [2.05, 4.69) is 19.9 Å². The highest BCUT2D eigenvalue weighted by molar-refractivity contribution is 7.03. The zero-order valence-electron chi connectivity index (χ0n) is 16.9. The van der Waals surface area contributed by atoms with Gasteiger partial charge in [0.05, 0.1) is 5.69 Å². The minimum atomic E-state index is -1.13. The molecule has 3 rings (SSSR count). The standard InChI is InChI=1S/C21H22FN5O2S/c1-4-21(2,3)24-19(28)18(14-9-11-23-12-10-14)27(17-8-6-5-7-15(17)22)20(29)16-13-30-26-25-16/h5-13,18H,4H2,1-3H3,(H,24,28)/t18-/m1/s1. The molecule has 2 heterocycles. The van der Waals surface area contributed by atoms with Gasteiger partial charge in [-0.05, 0) is 61.6 Å². The molecule has 1 aromatic carbocycles. The van der Waals surface area contributed by atoms with Gasteiger partial charge in [0.25, 0.3) is 5.91 Å². The van der Waals surface area contributed by atoms with E-state index < -0.39 is 29.2 Å². The largest absolute Gasteiger partial charge is 0.349 e. The predicted octanol–water partition coefficient (Wildman–Crippen LogP) is 3.77. The van der Waals surface area contributed by atoms with Crippen LogP contribution in [0.4, 0.5) is 10.1 Å². The molecule has 9 heteroatoms. The van der Waals surface area contributed by atoms with Crippen molar-refractivity contribution in [2.75, 3.05) is 4.90 Å². The number of benzene rings is 1. The molecule has 0 saturated carbocycles. The highest BCUT2D eigenvalue weighted by Crippen LogP contribution is 2.31. The van der Waals surface area contributed by atoms with Gasteiger partial charge < -0.3 is 5.32 Å². The lowest BCUT2D eigenvalue weighted by atomic mass is 9.98. The van der Waals surface area contributed by atoms with E-state index in [-0.39, 0.29) is 11.4 Å². The zero-order chi connectivity index (χ0) is 21.7. The normalized spacial score (nSPS) is 12.3. The number of carbonyl (C=O) groups is 2. The minimum Gasteiger partial charge on any atom is -0.349 e. The van der Waals surface area contributed by atoms with Gasteiger partial charge in [0.15, 0.2) is 5.69 Å². The Morgan fingerprint density at radius 2 is 1.90 bits per heavy atom. The molecule has 2 aromatic heterocycles. The van der Waals surface area contributed by atoms with E-state index in [0.717, 1.165) is 16.4 Å². The summed E-state index contributed by atoms with van der Waals surface area (Å²) in [6, 6.07) is 7.95. The number of para-hydroxylation sites is 1. The first-order valence-electron chi connectivity index (χ1n) is 9.41. The Hall–Kier alpha value is -3.20. The Bertz CT molecular complexity index is 1010. The molecule has 1 atom stereocenters. The Morgan fingerprint density at radius 3 is 2.50 bits per heavy atom. The number of halogens is 1. The molecule has 0 spiro atoms. The van der Waals surface area contributed by atoms with Crippen LogP contribution in [-0.2, 0) is 4.79 Å². The van der Waals surface area contributed by atoms with E-state index in [1.165, 1.54) is 36.0 Å². The molecule has 1 N–H and O–H groups in total. The first-order valence-corrected chi connectivity index (χ1v) is 10.2. The van der Waals surface area contributed by atoms with Crippen molar-refractivity contribution in [1.29, 1.82) is 0 Å². The van der Waals surface area contributed by atoms with E-state index >= 15 is 0 Å². The maximum atomic E-state index is 14.8. The summed E-state index contributed by atoms with van der Waals surface area (Å²) in [6.45, 7) is 5.71. The topological polar surface area (TPSA) is 88.1 Å². The zero-order valence-corrected chi connectivity index (χ0v) is 17.7. The fraction of sp³-hybridized carbons (Fsp3) is 0.286. The minimum absolute atomic E-state index is 0.0261. The number of nitrogens with one attached hydrogen (secondary N) is 1. The number of carbonyl (C=O) groups excluding carboxylic acids is 2. The van der Waals surface area contributed by atoms with Crippen molar-refractivity contribution in [2.24, 2.45) is 0 Å². The van der Waals surface area contributed by atoms with E-state index in [9.17, 15) is 14.0 Å². The molecule has 0 aliphatic rings. The summed E-state index contributed by atoms with van der Waals surface area (Å²) >= 11 is 1.00. The first kappa shape index (κ1) is 21.5. The summed E-state index contributed by atoms with van der Waals surface area (Å²) in [5.41, 5.74) is -0.0186. The Labute approximate surface area is 178 Å². The van der Waals surface area contributed by atoms with Crippen LogP contribution in [0, 0.1) is 5.82 Å². The SMILES string of the molecule is CCC(C)(C)NC(=O)[C@@H](c1ccncc1)N(C(=O)c1csnn1)c1ccccc1F. The van der Waals surface area contributed by atoms with Gasteiger partial charge in [-0.2, -0.15) is 0 Å². The second-order valence-electron chi connectivity index (χ2n) is 7.33. The third-order valence-corrected chi connectivity index (χ3v) is 5.29. The van der Waals surface area contributed by atoms with Crippen molar-refractivity contribution in [3.05, 3.63) is 71.2 Å². The van der Waals surface area contributed by atoms with Gasteiger partial charge in [-0.1, -0.05) is 23.5 Å². The van der Waals surface area contributed by atoms with Crippen LogP contribution < -0.4 is 10.2 Å². The average Bonchev–Trinajstić information content (AvgIpc) is 3.27. The van der Waals surface area contributed by atoms with Crippen LogP contribution in [0.15, 0.2) is 54.2 Å². The van der Waals surface area contributed by atoms with Crippen molar-refractivity contribution in [1.82, 2.24) is 19.9 Å². The van der Waals surface area contributed by atoms with Crippen LogP contribution in [0.2, 0.25) is 0 Å². The predicted molar refractivity (Wildman–Crippen MR) is 113 cm³/mol. The maximum absolute atomic E-state index is 14.8. The van der Waals surface area contributed by atoms with Gasteiger partial charge in [-0.3, -0.25) is 19.5 Å². The average molecular weight is 428 g/mol. The summed E-state index contributed by atoms with van der Waals surface area (Å²) in [4.78, 5) is 31.9. The van der Waals surface area contributed by atoms with Crippen LogP contribution in [0.5, 0.6) is 0 Å². The van der Waals surface area contributed by atoms with Crippen molar-refractivity contribution >= 4 is 29.0 Å². The Balaban J connectivity index is 2.17. The molecule has 0 radical (unpaired) electrons. The molecule has 156 valence electrons. The van der Waals surface area contributed by atoms with E-state index in [1.54, 1.807) is 18.2 Å². The lowest BCUT2D eigenvalue weighted by Gasteiger charge is -2.34. The highest BCUT2D eigenvalue weighted by atomic mass is 32.1. The van der Waals surface area contributed by atoms with Gasteiger partial charge in [0.2, 0.25) is 5.91 Å². The first-order chi connectivity index (χ1) is 14.3. The quantitative estimate of drug-likeness (QED) is 0.620. The monoisotopic (exact) mass is 427 g/mol. The van der Waals surface area contributed by atoms with Gasteiger partial charge in [0, 0.05) is 23.3 Å². The summed E-state index contributed by atoms with van der Waals surface area (Å²) < 4.78 is 18.5. The molecule has 0 aliphatic carbocycles. The van der Waals surface area contributed by atoms with Gasteiger partial charge in [-0.15, -0.1) is 5.10 Å². The third-order valence-electron chi connectivity index (χ3n) is 4.78. The van der Waals surface area contributed by atoms with Gasteiger partial charge in [-0.25, -0.2) is 4.39 Å². The van der Waals surface area contributed by atoms with Crippen LogP contribution in [-0.4, -0.2) is 31.9 Å². The molecule has 30 heavy (non-hydrogen) atoms. The fourth-order valence-corrected chi connectivity index (χ4v) is 3.28. The molecular weight excluding hydrogens is 405 g/mol. The molecule has 3 aromatic rings. The molecule has 0 fully saturated rings. The van der Waals surface area contributed by atoms with Crippen LogP contribution >= 0.6 is 11.5 Å². The number of anilines is 1. The maximum Gasteiger partial charge on any atom is 0.280 e. The molecule has 0 aliphatic heterocycles. The number of hydrogen-bond acceptors (Lipinski definition) is 6. The van der Waals surface area contributed by atoms with Crippen molar-refractivity contribution in [2.45, 2.75) is 38.8 Å². The molecule has 0 bridgehead atoms. The third kappa shape index (κ3) is 4.68. The van der Waals surface area contributed by atoms with Gasteiger partial charge in [0.1, 0.15) is 11.9 Å². The lowest BCUT2D eigenvalue weighted by Crippen LogP contribution is -2.50. The van der Waals surface area contributed by atoms with Crippen molar-refractivity contribution in [3.8, 4) is 0 Å². The van der Waals surface area contributed by atoms with Crippen molar-refractivity contribution < 1.29 is 14.0 Å². The summed E-state index contributed by atoms with van der Waals surface area (Å²) in [6.07, 6.45) is 3.72. The lowest BCUT2D eigenvalue weighted by molar-refractivity contribution is -0.124. The number of nitrogens with zero attached hydrogens (tertiary/aromatic N) is 4. The molecular formula is C21H22FN5O2S. The number of aromatic nitrogens is 3. The molecule has 0 unspecified atom stereocenters. The van der Waals surface area contributed by atoms with E-state index in [0.29, 0.717) is 12.0 Å². The number of pyridine rings is 1. The van der Waals surface area contributed by atoms with Crippen LogP contribution in [0.3, 0.4) is 0 Å². The van der Waals surface area contributed by atoms with Crippen LogP contribution in [0.1, 0.15) is 49.3 Å². The Morgan fingerprint density at radius 1 is 1.20 bits per heavy atom. The van der Waals surface area contributed by atoms with E-state index in [1.807, 2.05) is 20.8 Å². The Kier molecular flexibility index (Phi) is 6.51. The van der Waals surface area contributed by atoms with Crippen LogP contribution in [0.25, 0.3) is 0 Å². The molecule has 2 amide bonds. The molecule has 7 nitrogen and oxygen atoms in total. The second-order valence-corrected chi connectivity index (χ2v) is 7.94. The molecule has 0 saturated heterocycles.